The summed E-state index contributed by atoms with van der Waals surface area (Å²) >= 11 is 1.89. The van der Waals surface area contributed by atoms with Crippen molar-refractivity contribution in [2.24, 2.45) is 10.9 Å². The number of aliphatic imine (C=N–C) groups is 1. The molecule has 1 saturated heterocycles. The first-order valence-corrected chi connectivity index (χ1v) is 8.36. The molecular formula is C16H22N2S. The number of amidine groups is 1. The van der Waals surface area contributed by atoms with Gasteiger partial charge in [0.15, 0.2) is 5.17 Å². The maximum atomic E-state index is 4.71. The van der Waals surface area contributed by atoms with E-state index in [1.165, 1.54) is 36.4 Å². The maximum absolute atomic E-state index is 4.71. The van der Waals surface area contributed by atoms with Gasteiger partial charge in [0.25, 0.3) is 0 Å². The highest BCUT2D eigenvalue weighted by Gasteiger charge is 2.21. The number of nitrogens with one attached hydrogen (secondary N) is 1. The summed E-state index contributed by atoms with van der Waals surface area (Å²) < 4.78 is 0. The van der Waals surface area contributed by atoms with Gasteiger partial charge in [0.1, 0.15) is 0 Å². The molecule has 3 rings (SSSR count). The van der Waals surface area contributed by atoms with Crippen LogP contribution in [0.2, 0.25) is 0 Å². The Hall–Kier alpha value is -0.960. The van der Waals surface area contributed by atoms with Crippen LogP contribution in [0.25, 0.3) is 0 Å². The van der Waals surface area contributed by atoms with Crippen molar-refractivity contribution in [2.75, 3.05) is 12.3 Å². The molecule has 2 fully saturated rings. The summed E-state index contributed by atoms with van der Waals surface area (Å²) in [7, 11) is 0. The van der Waals surface area contributed by atoms with E-state index >= 15 is 0 Å². The molecule has 0 amide bonds. The molecule has 0 spiro atoms. The number of thioether (sulfide) groups is 1. The predicted molar refractivity (Wildman–Crippen MR) is 83.8 cm³/mol. The van der Waals surface area contributed by atoms with E-state index in [1.807, 2.05) is 11.8 Å². The second-order valence-corrected chi connectivity index (χ2v) is 6.62. The summed E-state index contributed by atoms with van der Waals surface area (Å²) in [6.45, 7) is 1.01. The van der Waals surface area contributed by atoms with E-state index in [1.54, 1.807) is 0 Å². The van der Waals surface area contributed by atoms with E-state index in [-0.39, 0.29) is 0 Å². The average molecular weight is 274 g/mol. The van der Waals surface area contributed by atoms with Crippen LogP contribution in [-0.4, -0.2) is 23.5 Å². The molecule has 1 heterocycles. The third-order valence-electron chi connectivity index (χ3n) is 4.09. The van der Waals surface area contributed by atoms with Crippen LogP contribution in [0.5, 0.6) is 0 Å². The van der Waals surface area contributed by atoms with E-state index in [9.17, 15) is 0 Å². The highest BCUT2D eigenvalue weighted by atomic mass is 32.2. The Morgan fingerprint density at radius 1 is 1.21 bits per heavy atom. The fourth-order valence-electron chi connectivity index (χ4n) is 2.67. The Labute approximate surface area is 120 Å². The number of rotatable bonds is 5. The summed E-state index contributed by atoms with van der Waals surface area (Å²) in [4.78, 5) is 4.71. The predicted octanol–water partition coefficient (Wildman–Crippen LogP) is 3.48. The van der Waals surface area contributed by atoms with E-state index < -0.39 is 0 Å². The molecule has 2 aliphatic rings. The van der Waals surface area contributed by atoms with Gasteiger partial charge in [-0.15, -0.1) is 0 Å². The molecule has 3 heteroatoms. The van der Waals surface area contributed by atoms with Gasteiger partial charge in [-0.25, -0.2) is 0 Å². The number of benzene rings is 1. The van der Waals surface area contributed by atoms with Gasteiger partial charge in [0, 0.05) is 18.3 Å². The van der Waals surface area contributed by atoms with Crippen molar-refractivity contribution >= 4 is 16.9 Å². The van der Waals surface area contributed by atoms with Crippen LogP contribution in [0.15, 0.2) is 35.3 Å². The monoisotopic (exact) mass is 274 g/mol. The third kappa shape index (κ3) is 3.75. The Bertz CT molecular complexity index is 426. The molecule has 0 bridgehead atoms. The molecule has 0 radical (unpaired) electrons. The lowest BCUT2D eigenvalue weighted by molar-refractivity contribution is 0.300. The van der Waals surface area contributed by atoms with Gasteiger partial charge in [-0.1, -0.05) is 61.4 Å². The van der Waals surface area contributed by atoms with Gasteiger partial charge in [-0.2, -0.15) is 0 Å². The Kier molecular flexibility index (Phi) is 4.44. The zero-order valence-corrected chi connectivity index (χ0v) is 12.2. The molecule has 1 N–H and O–H groups in total. The van der Waals surface area contributed by atoms with Crippen LogP contribution in [0, 0.1) is 5.92 Å². The van der Waals surface area contributed by atoms with E-state index in [0.29, 0.717) is 6.04 Å². The summed E-state index contributed by atoms with van der Waals surface area (Å²) in [5.41, 5.74) is 1.41. The maximum Gasteiger partial charge on any atom is 0.156 e. The average Bonchev–Trinajstić information content (AvgIpc) is 2.81. The number of hydrogen-bond acceptors (Lipinski definition) is 2. The lowest BCUT2D eigenvalue weighted by Gasteiger charge is -2.24. The molecule has 2 nitrogen and oxygen atoms in total. The molecule has 1 unspecified atom stereocenters. The fourth-order valence-corrected chi connectivity index (χ4v) is 3.66. The molecular weight excluding hydrogens is 252 g/mol. The first-order valence-electron chi connectivity index (χ1n) is 7.38. The molecule has 0 aromatic heterocycles. The van der Waals surface area contributed by atoms with E-state index in [2.05, 4.69) is 35.6 Å². The van der Waals surface area contributed by atoms with Crippen molar-refractivity contribution in [2.45, 2.75) is 38.1 Å². The second kappa shape index (κ2) is 6.47. The Morgan fingerprint density at radius 3 is 2.79 bits per heavy atom. The number of hydrogen-bond donors (Lipinski definition) is 1. The van der Waals surface area contributed by atoms with Crippen LogP contribution in [0.1, 0.15) is 31.2 Å². The van der Waals surface area contributed by atoms with Gasteiger partial charge >= 0.3 is 0 Å². The van der Waals surface area contributed by atoms with Gasteiger partial charge in [-0.3, -0.25) is 4.99 Å². The zero-order chi connectivity index (χ0) is 12.9. The van der Waals surface area contributed by atoms with Gasteiger partial charge in [-0.05, 0) is 24.3 Å². The zero-order valence-electron chi connectivity index (χ0n) is 11.3. The third-order valence-corrected chi connectivity index (χ3v) is 5.18. The van der Waals surface area contributed by atoms with Gasteiger partial charge in [0.2, 0.25) is 0 Å². The van der Waals surface area contributed by atoms with Crippen LogP contribution in [0.4, 0.5) is 0 Å². The molecule has 1 atom stereocenters. The number of nitrogens with zero attached hydrogens (tertiary/aromatic N) is 1. The minimum Gasteiger partial charge on any atom is -0.361 e. The first kappa shape index (κ1) is 13.0. The Morgan fingerprint density at radius 2 is 2.05 bits per heavy atom. The molecule has 1 aliphatic heterocycles. The highest BCUT2D eigenvalue weighted by Crippen LogP contribution is 2.29. The summed E-state index contributed by atoms with van der Waals surface area (Å²) in [5, 5.41) is 4.73. The lowest BCUT2D eigenvalue weighted by Crippen LogP contribution is -2.29. The topological polar surface area (TPSA) is 24.4 Å². The fraction of sp³-hybridized carbons (Fsp3) is 0.562. The van der Waals surface area contributed by atoms with Crippen LogP contribution in [-0.2, 0) is 6.42 Å². The molecule has 1 aromatic carbocycles. The van der Waals surface area contributed by atoms with Crippen LogP contribution < -0.4 is 5.32 Å². The molecule has 1 saturated carbocycles. The van der Waals surface area contributed by atoms with Crippen LogP contribution >= 0.6 is 11.8 Å². The van der Waals surface area contributed by atoms with Crippen molar-refractivity contribution in [3.05, 3.63) is 35.9 Å². The van der Waals surface area contributed by atoms with Crippen molar-refractivity contribution in [1.29, 1.82) is 0 Å². The quantitative estimate of drug-likeness (QED) is 0.889. The lowest BCUT2D eigenvalue weighted by atomic mass is 9.83. The summed E-state index contributed by atoms with van der Waals surface area (Å²) in [6.07, 6.45) is 6.70. The Balaban J connectivity index is 1.43. The second-order valence-electron chi connectivity index (χ2n) is 5.61. The van der Waals surface area contributed by atoms with Gasteiger partial charge < -0.3 is 5.32 Å². The molecule has 102 valence electrons. The summed E-state index contributed by atoms with van der Waals surface area (Å²) in [6, 6.07) is 11.3. The van der Waals surface area contributed by atoms with Crippen molar-refractivity contribution in [1.82, 2.24) is 5.32 Å². The smallest absolute Gasteiger partial charge is 0.156 e. The minimum absolute atomic E-state index is 0.551. The largest absolute Gasteiger partial charge is 0.361 e. The highest BCUT2D eigenvalue weighted by molar-refractivity contribution is 8.14. The van der Waals surface area contributed by atoms with Crippen molar-refractivity contribution in [3.63, 3.8) is 0 Å². The normalized spacial score (nSPS) is 25.3. The van der Waals surface area contributed by atoms with E-state index in [0.717, 1.165) is 24.6 Å². The SMILES string of the molecule is c1ccc(CC2CSC(=NCCC3CCC3)N2)cc1. The van der Waals surface area contributed by atoms with Crippen molar-refractivity contribution in [3.8, 4) is 0 Å². The molecule has 19 heavy (non-hydrogen) atoms. The molecule has 1 aliphatic carbocycles. The van der Waals surface area contributed by atoms with Gasteiger partial charge in [0.05, 0.1) is 0 Å². The van der Waals surface area contributed by atoms with E-state index in [4.69, 9.17) is 4.99 Å². The van der Waals surface area contributed by atoms with Crippen molar-refractivity contribution < 1.29 is 0 Å². The molecule has 1 aromatic rings. The summed E-state index contributed by atoms with van der Waals surface area (Å²) in [5.74, 6) is 2.12. The standard InChI is InChI=1S/C16H22N2S/c1-2-5-14(6-3-1)11-15-12-19-16(18-15)17-10-9-13-7-4-8-13/h1-3,5-6,13,15H,4,7-12H2,(H,17,18). The van der Waals surface area contributed by atoms with Crippen LogP contribution in [0.3, 0.4) is 0 Å². The first-order chi connectivity index (χ1) is 9.40. The minimum atomic E-state index is 0.551.